The summed E-state index contributed by atoms with van der Waals surface area (Å²) in [6.45, 7) is 4.13. The minimum Gasteiger partial charge on any atom is -0.361 e. The minimum atomic E-state index is 0.312. The van der Waals surface area contributed by atoms with Gasteiger partial charge in [0.25, 0.3) is 0 Å². The van der Waals surface area contributed by atoms with Crippen molar-refractivity contribution in [3.05, 3.63) is 70.9 Å². The van der Waals surface area contributed by atoms with Crippen LogP contribution in [0.3, 0.4) is 0 Å². The standard InChI is InChI=1S/C27H29N3O/c31-26-8-7-22-17-19(16-21-4-3-12-30(26)27(21)22)9-13-29-14-10-20(11-15-29)24-18-28-25-6-2-1-5-23(24)25/h1-2,5-6,10,16-18,28H,3-4,7-9,11-15H2. The van der Waals surface area contributed by atoms with Crippen LogP contribution < -0.4 is 4.90 Å². The molecular formula is C27H29N3O. The van der Waals surface area contributed by atoms with Gasteiger partial charge in [-0.05, 0) is 60.4 Å². The van der Waals surface area contributed by atoms with Gasteiger partial charge in [-0.1, -0.05) is 36.4 Å². The van der Waals surface area contributed by atoms with Gasteiger partial charge >= 0.3 is 0 Å². The number of H-pyrrole nitrogens is 1. The Morgan fingerprint density at radius 2 is 1.84 bits per heavy atom. The maximum atomic E-state index is 12.3. The Morgan fingerprint density at radius 1 is 0.968 bits per heavy atom. The molecule has 3 aromatic rings. The summed E-state index contributed by atoms with van der Waals surface area (Å²) in [6, 6.07) is 13.3. The van der Waals surface area contributed by atoms with Crippen molar-refractivity contribution in [3.63, 3.8) is 0 Å². The summed E-state index contributed by atoms with van der Waals surface area (Å²) >= 11 is 0. The second-order valence-electron chi connectivity index (χ2n) is 9.19. The summed E-state index contributed by atoms with van der Waals surface area (Å²) in [7, 11) is 0. The van der Waals surface area contributed by atoms with Gasteiger partial charge in [0.15, 0.2) is 0 Å². The summed E-state index contributed by atoms with van der Waals surface area (Å²) in [4.78, 5) is 20.3. The van der Waals surface area contributed by atoms with E-state index in [2.05, 4.69) is 58.6 Å². The minimum absolute atomic E-state index is 0.312. The predicted octanol–water partition coefficient (Wildman–Crippen LogP) is 4.73. The number of aryl methyl sites for hydroxylation is 2. The monoisotopic (exact) mass is 411 g/mol. The second kappa shape index (κ2) is 7.69. The number of nitrogens with one attached hydrogen (secondary N) is 1. The van der Waals surface area contributed by atoms with Gasteiger partial charge < -0.3 is 9.88 Å². The van der Waals surface area contributed by atoms with Crippen molar-refractivity contribution in [1.82, 2.24) is 9.88 Å². The first-order valence-electron chi connectivity index (χ1n) is 11.7. The number of hydrogen-bond donors (Lipinski definition) is 1. The zero-order valence-electron chi connectivity index (χ0n) is 18.0. The summed E-state index contributed by atoms with van der Waals surface area (Å²) < 4.78 is 0. The van der Waals surface area contributed by atoms with E-state index >= 15 is 0 Å². The third-order valence-electron chi connectivity index (χ3n) is 7.28. The molecule has 3 aliphatic heterocycles. The Labute approximate surface area is 183 Å². The lowest BCUT2D eigenvalue weighted by Crippen LogP contribution is -2.39. The van der Waals surface area contributed by atoms with Crippen LogP contribution in [0.2, 0.25) is 0 Å². The van der Waals surface area contributed by atoms with Crippen molar-refractivity contribution in [2.24, 2.45) is 0 Å². The molecule has 1 amide bonds. The van der Waals surface area contributed by atoms with E-state index in [1.165, 1.54) is 44.4 Å². The molecule has 0 fully saturated rings. The summed E-state index contributed by atoms with van der Waals surface area (Å²) in [6.07, 6.45) is 10.6. The molecule has 1 aromatic heterocycles. The van der Waals surface area contributed by atoms with Crippen LogP contribution in [-0.4, -0.2) is 42.0 Å². The third kappa shape index (κ3) is 3.39. The Balaban J connectivity index is 1.15. The van der Waals surface area contributed by atoms with E-state index in [4.69, 9.17) is 0 Å². The van der Waals surface area contributed by atoms with Crippen LogP contribution in [0.15, 0.2) is 48.7 Å². The molecular weight excluding hydrogens is 382 g/mol. The molecule has 4 nitrogen and oxygen atoms in total. The fraction of sp³-hybridized carbons (Fsp3) is 0.370. The second-order valence-corrected chi connectivity index (χ2v) is 9.19. The predicted molar refractivity (Wildman–Crippen MR) is 126 cm³/mol. The first-order chi connectivity index (χ1) is 15.3. The maximum absolute atomic E-state index is 12.3. The molecule has 4 heterocycles. The van der Waals surface area contributed by atoms with E-state index in [0.717, 1.165) is 58.3 Å². The van der Waals surface area contributed by atoms with Crippen LogP contribution in [0.5, 0.6) is 0 Å². The summed E-state index contributed by atoms with van der Waals surface area (Å²) in [5.41, 5.74) is 9.53. The molecule has 31 heavy (non-hydrogen) atoms. The third-order valence-corrected chi connectivity index (χ3v) is 7.28. The Morgan fingerprint density at radius 3 is 2.71 bits per heavy atom. The van der Waals surface area contributed by atoms with E-state index in [1.54, 1.807) is 0 Å². The maximum Gasteiger partial charge on any atom is 0.227 e. The van der Waals surface area contributed by atoms with Crippen molar-refractivity contribution in [1.29, 1.82) is 0 Å². The van der Waals surface area contributed by atoms with Crippen LogP contribution >= 0.6 is 0 Å². The molecule has 2 aromatic carbocycles. The summed E-state index contributed by atoms with van der Waals surface area (Å²) in [5.74, 6) is 0.312. The van der Waals surface area contributed by atoms with Crippen molar-refractivity contribution in [3.8, 4) is 0 Å². The topological polar surface area (TPSA) is 39.3 Å². The lowest BCUT2D eigenvalue weighted by molar-refractivity contribution is -0.119. The lowest BCUT2D eigenvalue weighted by atomic mass is 9.89. The van der Waals surface area contributed by atoms with Gasteiger partial charge in [-0.2, -0.15) is 0 Å². The van der Waals surface area contributed by atoms with Crippen LogP contribution in [0.1, 0.15) is 41.5 Å². The molecule has 0 radical (unpaired) electrons. The number of benzene rings is 2. The first-order valence-corrected chi connectivity index (χ1v) is 11.7. The Hall–Kier alpha value is -2.85. The zero-order chi connectivity index (χ0) is 20.8. The highest BCUT2D eigenvalue weighted by atomic mass is 16.2. The molecule has 0 bridgehead atoms. The van der Waals surface area contributed by atoms with Crippen molar-refractivity contribution >= 4 is 28.1 Å². The van der Waals surface area contributed by atoms with E-state index in [1.807, 2.05) is 4.90 Å². The van der Waals surface area contributed by atoms with Gasteiger partial charge in [-0.25, -0.2) is 0 Å². The average Bonchev–Trinajstić information content (AvgIpc) is 3.25. The number of carbonyl (C=O) groups is 1. The molecule has 1 N–H and O–H groups in total. The number of nitrogens with zero attached hydrogens (tertiary/aromatic N) is 2. The molecule has 6 rings (SSSR count). The largest absolute Gasteiger partial charge is 0.361 e. The smallest absolute Gasteiger partial charge is 0.227 e. The fourth-order valence-electron chi connectivity index (χ4n) is 5.65. The van der Waals surface area contributed by atoms with Crippen molar-refractivity contribution in [2.75, 3.05) is 31.1 Å². The summed E-state index contributed by atoms with van der Waals surface area (Å²) in [5, 5.41) is 1.33. The number of carbonyl (C=O) groups excluding carboxylic acids is 1. The molecule has 0 atom stereocenters. The molecule has 0 aliphatic carbocycles. The Bertz CT molecular complexity index is 1170. The number of aromatic nitrogens is 1. The van der Waals surface area contributed by atoms with Crippen molar-refractivity contribution in [2.45, 2.75) is 38.5 Å². The number of fused-ring (bicyclic) bond motifs is 1. The van der Waals surface area contributed by atoms with Crippen LogP contribution in [0.4, 0.5) is 5.69 Å². The van der Waals surface area contributed by atoms with Crippen LogP contribution in [-0.2, 0) is 24.1 Å². The fourth-order valence-corrected chi connectivity index (χ4v) is 5.65. The Kier molecular flexibility index (Phi) is 4.68. The molecule has 0 spiro atoms. The van der Waals surface area contributed by atoms with E-state index in [0.29, 0.717) is 12.3 Å². The van der Waals surface area contributed by atoms with Gasteiger partial charge in [0.2, 0.25) is 5.91 Å². The number of anilines is 1. The first kappa shape index (κ1) is 18.9. The highest BCUT2D eigenvalue weighted by molar-refractivity contribution is 5.98. The van der Waals surface area contributed by atoms with E-state index in [9.17, 15) is 4.79 Å². The van der Waals surface area contributed by atoms with Crippen LogP contribution in [0.25, 0.3) is 16.5 Å². The number of para-hydroxylation sites is 1. The van der Waals surface area contributed by atoms with Crippen molar-refractivity contribution < 1.29 is 4.79 Å². The van der Waals surface area contributed by atoms with E-state index < -0.39 is 0 Å². The quantitative estimate of drug-likeness (QED) is 0.674. The van der Waals surface area contributed by atoms with Gasteiger partial charge in [0, 0.05) is 55.3 Å². The average molecular weight is 412 g/mol. The molecule has 0 unspecified atom stereocenters. The molecule has 4 heteroatoms. The molecule has 0 saturated carbocycles. The number of aromatic amines is 1. The molecule has 158 valence electrons. The number of hydrogen-bond acceptors (Lipinski definition) is 2. The SMILES string of the molecule is O=C1CCc2cc(CCN3CC=C(c4c[nH]c5ccccc45)CC3)cc3c2N1CCC3. The van der Waals surface area contributed by atoms with Gasteiger partial charge in [-0.15, -0.1) is 0 Å². The highest BCUT2D eigenvalue weighted by Gasteiger charge is 2.29. The zero-order valence-corrected chi connectivity index (χ0v) is 18.0. The van der Waals surface area contributed by atoms with Crippen LogP contribution in [0, 0.1) is 0 Å². The van der Waals surface area contributed by atoms with Gasteiger partial charge in [0.05, 0.1) is 5.69 Å². The van der Waals surface area contributed by atoms with Gasteiger partial charge in [-0.3, -0.25) is 9.69 Å². The lowest BCUT2D eigenvalue weighted by Gasteiger charge is -2.35. The van der Waals surface area contributed by atoms with E-state index in [-0.39, 0.29) is 0 Å². The number of amides is 1. The molecule has 0 saturated heterocycles. The number of rotatable bonds is 4. The highest BCUT2D eigenvalue weighted by Crippen LogP contribution is 2.37. The normalized spacial score (nSPS) is 18.9. The van der Waals surface area contributed by atoms with Gasteiger partial charge in [0.1, 0.15) is 0 Å². The molecule has 3 aliphatic rings.